The first-order valence-electron chi connectivity index (χ1n) is 5.44. The van der Waals surface area contributed by atoms with Crippen LogP contribution in [0.25, 0.3) is 0 Å². The summed E-state index contributed by atoms with van der Waals surface area (Å²) < 4.78 is 0. The fraction of sp³-hybridized carbons (Fsp3) is 0.600. The molecule has 7 heteroatoms. The number of aliphatic imine (C=N–C) groups is 1. The van der Waals surface area contributed by atoms with Gasteiger partial charge in [0.05, 0.1) is 13.2 Å². The molecule has 1 saturated carbocycles. The van der Waals surface area contributed by atoms with E-state index in [0.717, 1.165) is 12.8 Å². The number of aliphatic hydroxyl groups excluding tert-OH is 1. The van der Waals surface area contributed by atoms with Crippen molar-refractivity contribution in [3.8, 4) is 0 Å². The lowest BCUT2D eigenvalue weighted by Gasteiger charge is -2.30. The zero-order chi connectivity index (χ0) is 12.4. The van der Waals surface area contributed by atoms with Gasteiger partial charge in [0, 0.05) is 12.3 Å². The molecule has 2 aliphatic rings. The summed E-state index contributed by atoms with van der Waals surface area (Å²) >= 11 is 4.97. The normalized spacial score (nSPS) is 25.6. The van der Waals surface area contributed by atoms with Crippen LogP contribution >= 0.6 is 12.2 Å². The van der Waals surface area contributed by atoms with Crippen molar-refractivity contribution in [1.29, 1.82) is 0 Å². The number of hydrogen-bond acceptors (Lipinski definition) is 5. The largest absolute Gasteiger partial charge is 0.394 e. The second-order valence-electron chi connectivity index (χ2n) is 3.99. The second-order valence-corrected chi connectivity index (χ2v) is 4.38. The van der Waals surface area contributed by atoms with Crippen LogP contribution in [0.15, 0.2) is 4.99 Å². The molecule has 2 fully saturated rings. The molecule has 2 amide bonds. The maximum atomic E-state index is 12.0. The molecule has 1 saturated heterocycles. The van der Waals surface area contributed by atoms with Crippen LogP contribution in [-0.4, -0.2) is 52.3 Å². The molecule has 92 valence electrons. The van der Waals surface area contributed by atoms with Gasteiger partial charge in [0.2, 0.25) is 11.8 Å². The van der Waals surface area contributed by atoms with Crippen molar-refractivity contribution in [2.24, 2.45) is 10.9 Å². The van der Waals surface area contributed by atoms with Gasteiger partial charge in [-0.2, -0.15) is 0 Å². The molecule has 17 heavy (non-hydrogen) atoms. The van der Waals surface area contributed by atoms with Gasteiger partial charge in [0.1, 0.15) is 0 Å². The van der Waals surface area contributed by atoms with Gasteiger partial charge < -0.3 is 10.4 Å². The Morgan fingerprint density at radius 1 is 1.53 bits per heavy atom. The molecule has 0 bridgehead atoms. The highest BCUT2D eigenvalue weighted by Crippen LogP contribution is 2.29. The molecule has 2 rings (SSSR count). The highest BCUT2D eigenvalue weighted by Gasteiger charge is 2.44. The van der Waals surface area contributed by atoms with E-state index in [1.54, 1.807) is 0 Å². The van der Waals surface area contributed by atoms with Gasteiger partial charge >= 0.3 is 0 Å². The topological polar surface area (TPSA) is 82.0 Å². The molecule has 6 nitrogen and oxygen atoms in total. The number of nitrogens with one attached hydrogen (secondary N) is 1. The predicted molar refractivity (Wildman–Crippen MR) is 64.5 cm³/mol. The standard InChI is InChI=1S/C10H13N3O3S/c14-4-3-11-5-7-8(15)12-10(17)13(9(7)16)6-1-2-6/h5-7,14H,1-4H2,(H,12,15,17)/t7-/m0/s1. The van der Waals surface area contributed by atoms with Gasteiger partial charge in [0.25, 0.3) is 0 Å². The molecule has 1 atom stereocenters. The lowest BCUT2D eigenvalue weighted by atomic mass is 10.1. The minimum atomic E-state index is -0.922. The van der Waals surface area contributed by atoms with E-state index in [1.807, 2.05) is 0 Å². The molecule has 0 aromatic carbocycles. The Bertz CT molecular complexity index is 392. The van der Waals surface area contributed by atoms with Crippen molar-refractivity contribution in [3.63, 3.8) is 0 Å². The smallest absolute Gasteiger partial charge is 0.247 e. The Balaban J connectivity index is 2.11. The molecule has 0 aromatic rings. The van der Waals surface area contributed by atoms with E-state index in [2.05, 4.69) is 10.3 Å². The monoisotopic (exact) mass is 255 g/mol. The number of aliphatic hydroxyl groups is 1. The summed E-state index contributed by atoms with van der Waals surface area (Å²) in [7, 11) is 0. The van der Waals surface area contributed by atoms with Crippen molar-refractivity contribution in [3.05, 3.63) is 0 Å². The summed E-state index contributed by atoms with van der Waals surface area (Å²) in [6, 6.07) is 0.129. The lowest BCUT2D eigenvalue weighted by Crippen LogP contribution is -2.58. The van der Waals surface area contributed by atoms with Gasteiger partial charge in [-0.25, -0.2) is 0 Å². The van der Waals surface area contributed by atoms with Crippen LogP contribution in [0.5, 0.6) is 0 Å². The average Bonchev–Trinajstić information content (AvgIpc) is 3.07. The van der Waals surface area contributed by atoms with Crippen LogP contribution in [-0.2, 0) is 9.59 Å². The van der Waals surface area contributed by atoms with E-state index in [1.165, 1.54) is 11.1 Å². The number of amides is 2. The maximum Gasteiger partial charge on any atom is 0.247 e. The third kappa shape index (κ3) is 2.50. The van der Waals surface area contributed by atoms with E-state index in [4.69, 9.17) is 17.3 Å². The van der Waals surface area contributed by atoms with Gasteiger partial charge in [-0.15, -0.1) is 0 Å². The Kier molecular flexibility index (Phi) is 3.49. The zero-order valence-corrected chi connectivity index (χ0v) is 9.94. The molecule has 1 heterocycles. The molecular formula is C10H13N3O3S. The van der Waals surface area contributed by atoms with Crippen molar-refractivity contribution >= 4 is 35.4 Å². The molecule has 0 spiro atoms. The molecule has 1 aliphatic carbocycles. The second kappa shape index (κ2) is 4.89. The fourth-order valence-corrected chi connectivity index (χ4v) is 1.99. The Morgan fingerprint density at radius 3 is 2.82 bits per heavy atom. The minimum absolute atomic E-state index is 0.107. The number of nitrogens with zero attached hydrogens (tertiary/aromatic N) is 2. The summed E-state index contributed by atoms with van der Waals surface area (Å²) in [6.45, 7) is 0.0781. The molecule has 2 N–H and O–H groups in total. The third-order valence-corrected chi connectivity index (χ3v) is 2.93. The van der Waals surface area contributed by atoms with E-state index in [9.17, 15) is 9.59 Å². The van der Waals surface area contributed by atoms with Gasteiger partial charge in [-0.1, -0.05) is 0 Å². The van der Waals surface area contributed by atoms with Gasteiger partial charge in [-0.3, -0.25) is 19.5 Å². The molecule has 1 aliphatic heterocycles. The van der Waals surface area contributed by atoms with E-state index >= 15 is 0 Å². The Labute approximate surface area is 104 Å². The van der Waals surface area contributed by atoms with Crippen LogP contribution < -0.4 is 5.32 Å². The van der Waals surface area contributed by atoms with E-state index < -0.39 is 11.8 Å². The van der Waals surface area contributed by atoms with Crippen LogP contribution in [0.1, 0.15) is 12.8 Å². The number of rotatable bonds is 4. The summed E-state index contributed by atoms with van der Waals surface area (Å²) in [5.74, 6) is -1.68. The van der Waals surface area contributed by atoms with Crippen LogP contribution in [0, 0.1) is 5.92 Å². The molecule has 0 radical (unpaired) electrons. The van der Waals surface area contributed by atoms with E-state index in [-0.39, 0.29) is 30.2 Å². The van der Waals surface area contributed by atoms with E-state index in [0.29, 0.717) is 0 Å². The van der Waals surface area contributed by atoms with Gasteiger partial charge in [-0.05, 0) is 25.1 Å². The maximum absolute atomic E-state index is 12.0. The number of hydrogen-bond donors (Lipinski definition) is 2. The van der Waals surface area contributed by atoms with Crippen molar-refractivity contribution in [2.75, 3.05) is 13.2 Å². The average molecular weight is 255 g/mol. The van der Waals surface area contributed by atoms with Crippen molar-refractivity contribution < 1.29 is 14.7 Å². The molecule has 0 aromatic heterocycles. The Hall–Kier alpha value is -1.34. The van der Waals surface area contributed by atoms with Crippen LogP contribution in [0.2, 0.25) is 0 Å². The summed E-state index contributed by atoms with van der Waals surface area (Å²) in [6.07, 6.45) is 3.12. The van der Waals surface area contributed by atoms with Crippen LogP contribution in [0.3, 0.4) is 0 Å². The number of thiocarbonyl (C=S) groups is 1. The third-order valence-electron chi connectivity index (χ3n) is 2.63. The van der Waals surface area contributed by atoms with Crippen molar-refractivity contribution in [2.45, 2.75) is 18.9 Å². The SMILES string of the molecule is O=C1NC(=S)N(C2CC2)C(=O)[C@H]1C=NCCO. The number of carbonyl (C=O) groups excluding carboxylic acids is 2. The first-order chi connectivity index (χ1) is 8.15. The molecular weight excluding hydrogens is 242 g/mol. The number of carbonyl (C=O) groups is 2. The fourth-order valence-electron chi connectivity index (χ4n) is 1.65. The Morgan fingerprint density at radius 2 is 2.24 bits per heavy atom. The molecule has 0 unspecified atom stereocenters. The first-order valence-corrected chi connectivity index (χ1v) is 5.84. The first kappa shape index (κ1) is 12.1. The van der Waals surface area contributed by atoms with Crippen LogP contribution in [0.4, 0.5) is 0 Å². The highest BCUT2D eigenvalue weighted by atomic mass is 32.1. The summed E-state index contributed by atoms with van der Waals surface area (Å²) in [4.78, 5) is 28.9. The lowest BCUT2D eigenvalue weighted by molar-refractivity contribution is -0.138. The quantitative estimate of drug-likeness (QED) is 0.386. The van der Waals surface area contributed by atoms with Gasteiger partial charge in [0.15, 0.2) is 11.0 Å². The van der Waals surface area contributed by atoms with Crippen molar-refractivity contribution in [1.82, 2.24) is 10.2 Å². The summed E-state index contributed by atoms with van der Waals surface area (Å²) in [5.41, 5.74) is 0. The highest BCUT2D eigenvalue weighted by molar-refractivity contribution is 7.80. The summed E-state index contributed by atoms with van der Waals surface area (Å²) in [5, 5.41) is 11.3. The minimum Gasteiger partial charge on any atom is -0.394 e. The zero-order valence-electron chi connectivity index (χ0n) is 9.13. The predicted octanol–water partition coefficient (Wildman–Crippen LogP) is -0.929.